The fraction of sp³-hybridized carbons (Fsp3) is 0.556. The first kappa shape index (κ1) is 11.4. The molecule has 4 nitrogen and oxygen atoms in total. The van der Waals surface area contributed by atoms with Gasteiger partial charge in [-0.15, -0.1) is 0 Å². The topological polar surface area (TPSA) is 61.0 Å². The molecule has 0 aliphatic carbocycles. The number of halogens is 1. The minimum atomic E-state index is -0.106. The average Bonchev–Trinajstić information content (AvgIpc) is 2.11. The Morgan fingerprint density at radius 1 is 1.50 bits per heavy atom. The third kappa shape index (κ3) is 2.42. The predicted molar refractivity (Wildman–Crippen MR) is 58.7 cm³/mol. The normalized spacial score (nSPS) is 13.2. The summed E-state index contributed by atoms with van der Waals surface area (Å²) in [7, 11) is 1.65. The van der Waals surface area contributed by atoms with E-state index in [2.05, 4.69) is 39.7 Å². The van der Waals surface area contributed by atoms with E-state index in [1.54, 1.807) is 13.3 Å². The second kappa shape index (κ2) is 4.70. The van der Waals surface area contributed by atoms with Gasteiger partial charge in [0.25, 0.3) is 0 Å². The van der Waals surface area contributed by atoms with E-state index in [-0.39, 0.29) is 6.10 Å². The van der Waals surface area contributed by atoms with E-state index < -0.39 is 0 Å². The van der Waals surface area contributed by atoms with Gasteiger partial charge < -0.3 is 10.5 Å². The lowest BCUT2D eigenvalue weighted by molar-refractivity contribution is 0.0575. The molecule has 0 bridgehead atoms. The minimum Gasteiger partial charge on any atom is -0.383 e. The van der Waals surface area contributed by atoms with Crippen LogP contribution in [0.5, 0.6) is 0 Å². The highest BCUT2D eigenvalue weighted by Gasteiger charge is 2.18. The van der Waals surface area contributed by atoms with Gasteiger partial charge in [-0.1, -0.05) is 13.8 Å². The van der Waals surface area contributed by atoms with Crippen molar-refractivity contribution < 1.29 is 4.74 Å². The van der Waals surface area contributed by atoms with Gasteiger partial charge in [0.1, 0.15) is 11.9 Å². The number of ether oxygens (including phenoxy) is 1. The molecule has 1 aromatic heterocycles. The number of methoxy groups -OCH3 is 1. The fourth-order valence-corrected chi connectivity index (χ4v) is 1.40. The Morgan fingerprint density at radius 2 is 2.14 bits per heavy atom. The van der Waals surface area contributed by atoms with Crippen LogP contribution in [0.1, 0.15) is 25.8 Å². The highest BCUT2D eigenvalue weighted by Crippen LogP contribution is 2.24. The van der Waals surface area contributed by atoms with Crippen molar-refractivity contribution in [3.05, 3.63) is 16.5 Å². The third-order valence-electron chi connectivity index (χ3n) is 1.90. The van der Waals surface area contributed by atoms with E-state index >= 15 is 0 Å². The lowest BCUT2D eigenvalue weighted by atomic mass is 10.1. The van der Waals surface area contributed by atoms with Crippen molar-refractivity contribution in [1.29, 1.82) is 0 Å². The first-order valence-electron chi connectivity index (χ1n) is 4.37. The maximum atomic E-state index is 5.66. The van der Waals surface area contributed by atoms with E-state index in [1.807, 2.05) is 0 Å². The van der Waals surface area contributed by atoms with Gasteiger partial charge in [-0.2, -0.15) is 0 Å². The predicted octanol–water partition coefficient (Wildman–Crippen LogP) is 2.16. The molecule has 0 aromatic carbocycles. The van der Waals surface area contributed by atoms with Crippen molar-refractivity contribution in [1.82, 2.24) is 9.97 Å². The van der Waals surface area contributed by atoms with Crippen molar-refractivity contribution >= 4 is 21.7 Å². The van der Waals surface area contributed by atoms with Crippen LogP contribution in [0.25, 0.3) is 0 Å². The molecule has 1 aromatic rings. The van der Waals surface area contributed by atoms with Gasteiger partial charge in [0.05, 0.1) is 4.47 Å². The second-order valence-corrected chi connectivity index (χ2v) is 4.22. The zero-order valence-electron chi connectivity index (χ0n) is 8.49. The SMILES string of the molecule is COC(c1ncc(Br)c(N)n1)C(C)C. The van der Waals surface area contributed by atoms with Gasteiger partial charge in [0.2, 0.25) is 0 Å². The molecule has 0 fully saturated rings. The standard InChI is InChI=1S/C9H14BrN3O/c1-5(2)7(14-3)9-12-4-6(10)8(11)13-9/h4-5,7H,1-3H3,(H2,11,12,13). The summed E-state index contributed by atoms with van der Waals surface area (Å²) < 4.78 is 6.00. The zero-order chi connectivity index (χ0) is 10.7. The van der Waals surface area contributed by atoms with Crippen LogP contribution >= 0.6 is 15.9 Å². The van der Waals surface area contributed by atoms with Crippen LogP contribution in [0.2, 0.25) is 0 Å². The number of hydrogen-bond acceptors (Lipinski definition) is 4. The zero-order valence-corrected chi connectivity index (χ0v) is 10.1. The molecule has 5 heteroatoms. The van der Waals surface area contributed by atoms with Crippen molar-refractivity contribution in [3.8, 4) is 0 Å². The van der Waals surface area contributed by atoms with Crippen LogP contribution in [-0.4, -0.2) is 17.1 Å². The van der Waals surface area contributed by atoms with Crippen molar-refractivity contribution in [3.63, 3.8) is 0 Å². The third-order valence-corrected chi connectivity index (χ3v) is 2.51. The molecule has 1 heterocycles. The van der Waals surface area contributed by atoms with Crippen molar-refractivity contribution in [2.45, 2.75) is 20.0 Å². The summed E-state index contributed by atoms with van der Waals surface area (Å²) in [6.45, 7) is 4.10. The number of nitrogens with two attached hydrogens (primary N) is 1. The van der Waals surface area contributed by atoms with Crippen LogP contribution in [0.3, 0.4) is 0 Å². The van der Waals surface area contributed by atoms with Gasteiger partial charge in [0.15, 0.2) is 5.82 Å². The molecule has 14 heavy (non-hydrogen) atoms. The Bertz CT molecular complexity index is 317. The summed E-state index contributed by atoms with van der Waals surface area (Å²) in [4.78, 5) is 8.33. The molecular weight excluding hydrogens is 246 g/mol. The molecule has 1 rings (SSSR count). The van der Waals surface area contributed by atoms with E-state index in [1.165, 1.54) is 0 Å². The number of hydrogen-bond donors (Lipinski definition) is 1. The number of anilines is 1. The molecule has 0 spiro atoms. The molecule has 78 valence electrons. The Kier molecular flexibility index (Phi) is 3.83. The van der Waals surface area contributed by atoms with E-state index in [9.17, 15) is 0 Å². The molecule has 1 atom stereocenters. The maximum Gasteiger partial charge on any atom is 0.159 e. The summed E-state index contributed by atoms with van der Waals surface area (Å²) >= 11 is 3.25. The van der Waals surface area contributed by atoms with E-state index in [0.29, 0.717) is 22.0 Å². The minimum absolute atomic E-state index is 0.106. The van der Waals surface area contributed by atoms with Gasteiger partial charge >= 0.3 is 0 Å². The first-order chi connectivity index (χ1) is 6.56. The molecule has 0 saturated heterocycles. The Hall–Kier alpha value is -0.680. The lowest BCUT2D eigenvalue weighted by Crippen LogP contribution is -2.13. The summed E-state index contributed by atoms with van der Waals surface area (Å²) in [6, 6.07) is 0. The van der Waals surface area contributed by atoms with Gasteiger partial charge in [0, 0.05) is 13.3 Å². The maximum absolute atomic E-state index is 5.66. The molecule has 0 radical (unpaired) electrons. The molecule has 2 N–H and O–H groups in total. The smallest absolute Gasteiger partial charge is 0.159 e. The van der Waals surface area contributed by atoms with Crippen LogP contribution in [-0.2, 0) is 4.74 Å². The number of aromatic nitrogens is 2. The summed E-state index contributed by atoms with van der Waals surface area (Å²) in [5.74, 6) is 1.39. The molecule has 1 unspecified atom stereocenters. The molecular formula is C9H14BrN3O. The molecule has 0 amide bonds. The van der Waals surface area contributed by atoms with Crippen LogP contribution in [0.15, 0.2) is 10.7 Å². The number of rotatable bonds is 3. The Morgan fingerprint density at radius 3 is 2.57 bits per heavy atom. The highest BCUT2D eigenvalue weighted by molar-refractivity contribution is 9.10. The van der Waals surface area contributed by atoms with Crippen molar-refractivity contribution in [2.75, 3.05) is 12.8 Å². The van der Waals surface area contributed by atoms with Gasteiger partial charge in [-0.3, -0.25) is 0 Å². The largest absolute Gasteiger partial charge is 0.383 e. The summed E-state index contributed by atoms with van der Waals surface area (Å²) in [5, 5.41) is 0. The summed E-state index contributed by atoms with van der Waals surface area (Å²) in [6.07, 6.45) is 1.54. The fourth-order valence-electron chi connectivity index (χ4n) is 1.21. The second-order valence-electron chi connectivity index (χ2n) is 3.36. The molecule has 0 aliphatic heterocycles. The van der Waals surface area contributed by atoms with Crippen molar-refractivity contribution in [2.24, 2.45) is 5.92 Å². The Balaban J connectivity index is 3.00. The molecule has 0 aliphatic rings. The van der Waals surface area contributed by atoms with Gasteiger partial charge in [-0.05, 0) is 21.8 Å². The lowest BCUT2D eigenvalue weighted by Gasteiger charge is -2.17. The quantitative estimate of drug-likeness (QED) is 0.904. The highest BCUT2D eigenvalue weighted by atomic mass is 79.9. The van der Waals surface area contributed by atoms with Gasteiger partial charge in [-0.25, -0.2) is 9.97 Å². The summed E-state index contributed by atoms with van der Waals surface area (Å²) in [5.41, 5.74) is 5.66. The monoisotopic (exact) mass is 259 g/mol. The van der Waals surface area contributed by atoms with E-state index in [4.69, 9.17) is 10.5 Å². The number of nitrogen functional groups attached to an aromatic ring is 1. The average molecular weight is 260 g/mol. The van der Waals surface area contributed by atoms with Crippen LogP contribution in [0.4, 0.5) is 5.82 Å². The van der Waals surface area contributed by atoms with Crippen LogP contribution < -0.4 is 5.73 Å². The Labute approximate surface area is 92.0 Å². The van der Waals surface area contributed by atoms with E-state index in [0.717, 1.165) is 0 Å². The first-order valence-corrected chi connectivity index (χ1v) is 5.16. The molecule has 0 saturated carbocycles. The van der Waals surface area contributed by atoms with Crippen LogP contribution in [0, 0.1) is 5.92 Å². The number of nitrogens with zero attached hydrogens (tertiary/aromatic N) is 2.